The van der Waals surface area contributed by atoms with Gasteiger partial charge in [-0.15, -0.1) is 10.2 Å². The van der Waals surface area contributed by atoms with Crippen LogP contribution in [0.15, 0.2) is 58.2 Å². The van der Waals surface area contributed by atoms with Crippen LogP contribution >= 0.6 is 11.3 Å². The van der Waals surface area contributed by atoms with E-state index in [1.165, 1.54) is 23.7 Å². The third kappa shape index (κ3) is 4.39. The van der Waals surface area contributed by atoms with Crippen LogP contribution in [0, 0.1) is 5.82 Å². The number of amides is 1. The number of furan rings is 1. The van der Waals surface area contributed by atoms with E-state index in [1.54, 1.807) is 18.2 Å². The van der Waals surface area contributed by atoms with Gasteiger partial charge in [-0.2, -0.15) is 0 Å². The number of halogens is 1. The Bertz CT molecular complexity index is 949. The van der Waals surface area contributed by atoms with E-state index in [4.69, 9.17) is 4.42 Å². The minimum absolute atomic E-state index is 0.0302. The summed E-state index contributed by atoms with van der Waals surface area (Å²) in [6.45, 7) is 0. The highest BCUT2D eigenvalue weighted by atomic mass is 32.1. The highest BCUT2D eigenvalue weighted by Crippen LogP contribution is 2.15. The number of rotatable bonds is 6. The second-order valence-electron chi connectivity index (χ2n) is 5.16. The average Bonchev–Trinajstić information content (AvgIpc) is 3.29. The number of carbonyl (C=O) groups is 2. The Morgan fingerprint density at radius 2 is 2.00 bits per heavy atom. The lowest BCUT2D eigenvalue weighted by Gasteiger charge is -1.99. The Hall–Kier alpha value is -3.33. The Balaban J connectivity index is 1.65. The van der Waals surface area contributed by atoms with E-state index in [-0.39, 0.29) is 16.7 Å². The molecule has 0 spiro atoms. The zero-order valence-corrected chi connectivity index (χ0v) is 14.0. The number of hydrogen-bond acceptors (Lipinski definition) is 7. The lowest BCUT2D eigenvalue weighted by atomic mass is 10.1. The SMILES string of the molecule is O=C(Nc1nncs1)C(O)=CC(=O)c1ccc(Cc2ccc(F)cc2)o1. The first kappa shape index (κ1) is 17.5. The maximum absolute atomic E-state index is 12.9. The highest BCUT2D eigenvalue weighted by Gasteiger charge is 2.15. The molecule has 26 heavy (non-hydrogen) atoms. The van der Waals surface area contributed by atoms with Gasteiger partial charge in [0.1, 0.15) is 17.1 Å². The first-order valence-electron chi connectivity index (χ1n) is 7.37. The van der Waals surface area contributed by atoms with Gasteiger partial charge in [-0.1, -0.05) is 23.5 Å². The number of nitrogens with one attached hydrogen (secondary N) is 1. The van der Waals surface area contributed by atoms with Gasteiger partial charge in [0.15, 0.2) is 11.5 Å². The molecule has 2 aromatic heterocycles. The maximum Gasteiger partial charge on any atom is 0.292 e. The van der Waals surface area contributed by atoms with Crippen LogP contribution in [0.1, 0.15) is 21.9 Å². The van der Waals surface area contributed by atoms with Crippen LogP contribution in [0.3, 0.4) is 0 Å². The molecule has 0 aliphatic rings. The third-order valence-electron chi connectivity index (χ3n) is 3.28. The van der Waals surface area contributed by atoms with Crippen molar-refractivity contribution in [3.8, 4) is 0 Å². The van der Waals surface area contributed by atoms with Gasteiger partial charge in [-0.05, 0) is 29.8 Å². The van der Waals surface area contributed by atoms with Crippen molar-refractivity contribution in [2.45, 2.75) is 6.42 Å². The highest BCUT2D eigenvalue weighted by molar-refractivity contribution is 7.13. The Kier molecular flexibility index (Phi) is 5.18. The average molecular weight is 373 g/mol. The van der Waals surface area contributed by atoms with Crippen molar-refractivity contribution in [3.05, 3.63) is 76.6 Å². The molecular formula is C17H12FN3O4S. The molecule has 2 heterocycles. The quantitative estimate of drug-likeness (QED) is 0.391. The van der Waals surface area contributed by atoms with Crippen LogP contribution < -0.4 is 5.32 Å². The second-order valence-corrected chi connectivity index (χ2v) is 5.99. The van der Waals surface area contributed by atoms with Gasteiger partial charge in [0.05, 0.1) is 0 Å². The Morgan fingerprint density at radius 1 is 1.23 bits per heavy atom. The minimum atomic E-state index is -0.881. The van der Waals surface area contributed by atoms with Crippen LogP contribution in [-0.4, -0.2) is 27.0 Å². The third-order valence-corrected chi connectivity index (χ3v) is 3.88. The van der Waals surface area contributed by atoms with Crippen LogP contribution in [0.5, 0.6) is 0 Å². The number of benzene rings is 1. The Labute approximate surface area is 150 Å². The largest absolute Gasteiger partial charge is 0.503 e. The molecule has 132 valence electrons. The van der Waals surface area contributed by atoms with E-state index < -0.39 is 17.4 Å². The molecule has 9 heteroatoms. The first-order chi connectivity index (χ1) is 12.5. The van der Waals surface area contributed by atoms with Crippen molar-refractivity contribution in [3.63, 3.8) is 0 Å². The molecule has 0 aliphatic heterocycles. The summed E-state index contributed by atoms with van der Waals surface area (Å²) < 4.78 is 18.3. The van der Waals surface area contributed by atoms with Crippen LogP contribution in [-0.2, 0) is 11.2 Å². The number of aromatic nitrogens is 2. The molecule has 7 nitrogen and oxygen atoms in total. The molecule has 0 radical (unpaired) electrons. The van der Waals surface area contributed by atoms with E-state index in [9.17, 15) is 19.1 Å². The predicted octanol–water partition coefficient (Wildman–Crippen LogP) is 3.12. The fraction of sp³-hybridized carbons (Fsp3) is 0.0588. The summed E-state index contributed by atoms with van der Waals surface area (Å²) in [5.41, 5.74) is 2.22. The minimum Gasteiger partial charge on any atom is -0.503 e. The topological polar surface area (TPSA) is 105 Å². The zero-order valence-electron chi connectivity index (χ0n) is 13.2. The van der Waals surface area contributed by atoms with Gasteiger partial charge in [0.2, 0.25) is 10.9 Å². The van der Waals surface area contributed by atoms with E-state index in [0.717, 1.165) is 23.0 Å². The van der Waals surface area contributed by atoms with Crippen molar-refractivity contribution < 1.29 is 23.5 Å². The molecule has 0 fully saturated rings. The molecule has 0 unspecified atom stereocenters. The number of carbonyl (C=O) groups excluding carboxylic acids is 2. The van der Waals surface area contributed by atoms with Crippen LogP contribution in [0.25, 0.3) is 0 Å². The second kappa shape index (κ2) is 7.70. The van der Waals surface area contributed by atoms with Crippen molar-refractivity contribution in [1.29, 1.82) is 0 Å². The molecule has 0 saturated heterocycles. The first-order valence-corrected chi connectivity index (χ1v) is 8.25. The van der Waals surface area contributed by atoms with Gasteiger partial charge >= 0.3 is 0 Å². The number of nitrogens with zero attached hydrogens (tertiary/aromatic N) is 2. The van der Waals surface area contributed by atoms with E-state index in [1.807, 2.05) is 0 Å². The lowest BCUT2D eigenvalue weighted by molar-refractivity contribution is -0.115. The molecule has 1 aromatic carbocycles. The standard InChI is InChI=1S/C17H12FN3O4S/c18-11-3-1-10(2-4-11)7-12-5-6-15(25-12)13(22)8-14(23)16(24)20-17-21-19-9-26-17/h1-6,8-9,23H,7H2,(H,20,21,24). The van der Waals surface area contributed by atoms with Crippen molar-refractivity contribution in [2.75, 3.05) is 5.32 Å². The zero-order chi connectivity index (χ0) is 18.5. The molecule has 0 bridgehead atoms. The van der Waals surface area contributed by atoms with Crippen LogP contribution in [0.2, 0.25) is 0 Å². The van der Waals surface area contributed by atoms with Crippen molar-refractivity contribution >= 4 is 28.2 Å². The number of ketones is 1. The van der Waals surface area contributed by atoms with E-state index >= 15 is 0 Å². The molecule has 3 rings (SSSR count). The normalized spacial score (nSPS) is 11.3. The Morgan fingerprint density at radius 3 is 2.69 bits per heavy atom. The maximum atomic E-state index is 12.9. The molecule has 3 aromatic rings. The van der Waals surface area contributed by atoms with Crippen LogP contribution in [0.4, 0.5) is 9.52 Å². The fourth-order valence-corrected chi connectivity index (χ4v) is 2.50. The van der Waals surface area contributed by atoms with Gasteiger partial charge in [0, 0.05) is 12.5 Å². The molecule has 2 N–H and O–H groups in total. The van der Waals surface area contributed by atoms with Crippen molar-refractivity contribution in [1.82, 2.24) is 10.2 Å². The monoisotopic (exact) mass is 373 g/mol. The fourth-order valence-electron chi connectivity index (χ4n) is 2.06. The number of aliphatic hydroxyl groups is 1. The molecule has 0 atom stereocenters. The van der Waals surface area contributed by atoms with Gasteiger partial charge in [-0.25, -0.2) is 4.39 Å². The summed E-state index contributed by atoms with van der Waals surface area (Å²) >= 11 is 1.07. The number of hydrogen-bond donors (Lipinski definition) is 2. The predicted molar refractivity (Wildman–Crippen MR) is 91.5 cm³/mol. The van der Waals surface area contributed by atoms with Crippen molar-refractivity contribution in [2.24, 2.45) is 0 Å². The summed E-state index contributed by atoms with van der Waals surface area (Å²) in [5.74, 6) is -2.20. The van der Waals surface area contributed by atoms with E-state index in [2.05, 4.69) is 15.5 Å². The molecular weight excluding hydrogens is 361 g/mol. The lowest BCUT2D eigenvalue weighted by Crippen LogP contribution is -2.15. The van der Waals surface area contributed by atoms with Gasteiger partial charge in [-0.3, -0.25) is 14.9 Å². The summed E-state index contributed by atoms with van der Waals surface area (Å²) in [4.78, 5) is 23.8. The number of allylic oxidation sites excluding steroid dienone is 1. The summed E-state index contributed by atoms with van der Waals surface area (Å²) in [6, 6.07) is 8.94. The number of aliphatic hydroxyl groups excluding tert-OH is 1. The molecule has 0 saturated carbocycles. The van der Waals surface area contributed by atoms with E-state index in [0.29, 0.717) is 12.2 Å². The smallest absolute Gasteiger partial charge is 0.292 e. The summed E-state index contributed by atoms with van der Waals surface area (Å²) in [7, 11) is 0. The van der Waals surface area contributed by atoms with Gasteiger partial charge in [0.25, 0.3) is 5.91 Å². The molecule has 1 amide bonds. The summed E-state index contributed by atoms with van der Waals surface area (Å²) in [6.07, 6.45) is 1.14. The van der Waals surface area contributed by atoms with Gasteiger partial charge < -0.3 is 9.52 Å². The summed E-state index contributed by atoms with van der Waals surface area (Å²) in [5, 5.41) is 19.3. The number of anilines is 1. The molecule has 0 aliphatic carbocycles.